The van der Waals surface area contributed by atoms with Crippen LogP contribution in [0.4, 0.5) is 26.3 Å². The zero-order valence-corrected chi connectivity index (χ0v) is 22.9. The third-order valence-electron chi connectivity index (χ3n) is 5.88. The topological polar surface area (TPSA) is 106 Å². The summed E-state index contributed by atoms with van der Waals surface area (Å²) in [5, 5.41) is -0.754. The van der Waals surface area contributed by atoms with Gasteiger partial charge in [0.15, 0.2) is 0 Å². The number of hydrogen-bond acceptors (Lipinski definition) is 6. The van der Waals surface area contributed by atoms with Gasteiger partial charge in [0.25, 0.3) is 0 Å². The SMILES string of the molecule is COC(=O)/C(=C1\C=CC=N1)c1ccc(/C(=C2/C=CC(C(/C(=O)OC)=c3/cc/c(=C(/C)C(F)(F)F)[n-]3)=N2)C(F)(F)F)[n-]1.[Mn+2]. The number of carbonyl (C=O) groups is 2. The van der Waals surface area contributed by atoms with Gasteiger partial charge in [0.2, 0.25) is 0 Å². The van der Waals surface area contributed by atoms with Gasteiger partial charge in [-0.15, -0.1) is 22.1 Å². The molecule has 2 aromatic heterocycles. The molecule has 219 valence electrons. The predicted molar refractivity (Wildman–Crippen MR) is 135 cm³/mol. The average Bonchev–Trinajstić information content (AvgIpc) is 3.71. The number of carbonyl (C=O) groups excluding carboxylic acids is 2. The van der Waals surface area contributed by atoms with Crippen molar-refractivity contribution in [2.45, 2.75) is 19.3 Å². The molecule has 0 unspecified atom stereocenters. The minimum atomic E-state index is -5.00. The van der Waals surface area contributed by atoms with Gasteiger partial charge in [0, 0.05) is 11.8 Å². The summed E-state index contributed by atoms with van der Waals surface area (Å²) >= 11 is 0. The van der Waals surface area contributed by atoms with Crippen LogP contribution in [-0.4, -0.2) is 50.4 Å². The largest absolute Gasteiger partial charge is 2.00 e. The number of alkyl halides is 6. The average molecular weight is 631 g/mol. The molecule has 0 bridgehead atoms. The Kier molecular flexibility index (Phi) is 9.38. The second-order valence-electron chi connectivity index (χ2n) is 8.40. The minimum absolute atomic E-state index is 0. The summed E-state index contributed by atoms with van der Waals surface area (Å²) in [7, 11) is 2.09. The van der Waals surface area contributed by atoms with Gasteiger partial charge in [0.1, 0.15) is 0 Å². The summed E-state index contributed by atoms with van der Waals surface area (Å²) in [4.78, 5) is 40.7. The third-order valence-corrected chi connectivity index (χ3v) is 5.88. The van der Waals surface area contributed by atoms with Crippen molar-refractivity contribution < 1.29 is 62.5 Å². The van der Waals surface area contributed by atoms with Crippen LogP contribution in [0.2, 0.25) is 0 Å². The van der Waals surface area contributed by atoms with Crippen LogP contribution in [0.3, 0.4) is 0 Å². The van der Waals surface area contributed by atoms with Crippen LogP contribution in [0.25, 0.3) is 22.3 Å². The fourth-order valence-electron chi connectivity index (χ4n) is 3.89. The first-order chi connectivity index (χ1) is 19.3. The quantitative estimate of drug-likeness (QED) is 0.218. The first kappa shape index (κ1) is 32.2. The molecule has 0 atom stereocenters. The Balaban J connectivity index is 0.00000484. The normalized spacial score (nSPS) is 18.4. The molecule has 4 rings (SSSR count). The van der Waals surface area contributed by atoms with Crippen LogP contribution in [0.1, 0.15) is 18.3 Å². The number of allylic oxidation sites excluding steroid dienone is 5. The Labute approximate surface area is 244 Å². The zero-order chi connectivity index (χ0) is 30.1. The molecule has 42 heavy (non-hydrogen) atoms. The summed E-state index contributed by atoms with van der Waals surface area (Å²) in [6.45, 7) is 0.797. The second-order valence-corrected chi connectivity index (χ2v) is 8.40. The van der Waals surface area contributed by atoms with Gasteiger partial charge < -0.3 is 19.4 Å². The first-order valence-electron chi connectivity index (χ1n) is 11.5. The smallest absolute Gasteiger partial charge is 0.657 e. The number of nitrogens with zero attached hydrogens (tertiary/aromatic N) is 4. The van der Waals surface area contributed by atoms with E-state index < -0.39 is 57.8 Å². The van der Waals surface area contributed by atoms with Crippen molar-refractivity contribution in [1.82, 2.24) is 9.97 Å². The van der Waals surface area contributed by atoms with Crippen molar-refractivity contribution in [3.05, 3.63) is 82.0 Å². The summed E-state index contributed by atoms with van der Waals surface area (Å²) < 4.78 is 91.7. The third kappa shape index (κ3) is 6.42. The molecule has 2 aliphatic rings. The van der Waals surface area contributed by atoms with Gasteiger partial charge in [-0.2, -0.15) is 26.3 Å². The number of methoxy groups -OCH3 is 2. The van der Waals surface area contributed by atoms with E-state index in [4.69, 9.17) is 9.47 Å². The number of rotatable bonds is 5. The van der Waals surface area contributed by atoms with Crippen molar-refractivity contribution in [3.63, 3.8) is 0 Å². The molecule has 2 aliphatic heterocycles. The number of hydrogen-bond donors (Lipinski definition) is 0. The summed E-state index contributed by atoms with van der Waals surface area (Å²) in [5.74, 6) is -1.95. The van der Waals surface area contributed by atoms with Crippen LogP contribution < -0.4 is 20.7 Å². The van der Waals surface area contributed by atoms with Crippen molar-refractivity contribution in [1.29, 1.82) is 0 Å². The monoisotopic (exact) mass is 631 g/mol. The zero-order valence-electron chi connectivity index (χ0n) is 21.8. The van der Waals surface area contributed by atoms with E-state index >= 15 is 0 Å². The van der Waals surface area contributed by atoms with E-state index in [9.17, 15) is 35.9 Å². The van der Waals surface area contributed by atoms with Gasteiger partial charge in [-0.05, 0) is 31.2 Å². The number of esters is 2. The van der Waals surface area contributed by atoms with Crippen LogP contribution in [0.5, 0.6) is 0 Å². The van der Waals surface area contributed by atoms with Crippen molar-refractivity contribution in [2.24, 2.45) is 9.98 Å². The molecule has 0 spiro atoms. The molecule has 0 fully saturated rings. The number of aromatic nitrogens is 2. The predicted octanol–water partition coefficient (Wildman–Crippen LogP) is 3.16. The Morgan fingerprint density at radius 3 is 1.95 bits per heavy atom. The maximum Gasteiger partial charge on any atom is 2.00 e. The van der Waals surface area contributed by atoms with Crippen molar-refractivity contribution >= 4 is 46.2 Å². The second kappa shape index (κ2) is 12.2. The molecule has 0 N–H and O–H groups in total. The molecule has 4 heterocycles. The van der Waals surface area contributed by atoms with Crippen LogP contribution in [0, 0.1) is 0 Å². The molecule has 0 aromatic carbocycles. The van der Waals surface area contributed by atoms with Gasteiger partial charge in [0.05, 0.1) is 48.0 Å². The van der Waals surface area contributed by atoms with Gasteiger partial charge >= 0.3 is 41.4 Å². The van der Waals surface area contributed by atoms with E-state index in [0.29, 0.717) is 0 Å². The first-order valence-corrected chi connectivity index (χ1v) is 11.5. The van der Waals surface area contributed by atoms with Gasteiger partial charge in [-0.1, -0.05) is 24.3 Å². The summed E-state index contributed by atoms with van der Waals surface area (Å²) in [5.41, 5.74) is -4.48. The minimum Gasteiger partial charge on any atom is -0.657 e. The Bertz CT molecular complexity index is 1720. The molecule has 0 amide bonds. The van der Waals surface area contributed by atoms with E-state index in [1.54, 1.807) is 0 Å². The van der Waals surface area contributed by atoms with Crippen LogP contribution in [-0.2, 0) is 36.1 Å². The fourth-order valence-corrected chi connectivity index (χ4v) is 3.89. The van der Waals surface area contributed by atoms with Crippen LogP contribution in [0.15, 0.2) is 69.9 Å². The molecule has 2 aromatic rings. The van der Waals surface area contributed by atoms with Gasteiger partial charge in [-0.25, -0.2) is 14.6 Å². The van der Waals surface area contributed by atoms with Crippen molar-refractivity contribution in [3.8, 4) is 0 Å². The fraction of sp³-hybridized carbons (Fsp3) is 0.185. The molecular formula is C27H18F6MnN4O4. The molecule has 0 aliphatic carbocycles. The van der Waals surface area contributed by atoms with E-state index in [1.165, 1.54) is 24.4 Å². The van der Waals surface area contributed by atoms with E-state index in [-0.39, 0.29) is 45.1 Å². The van der Waals surface area contributed by atoms with E-state index in [0.717, 1.165) is 51.5 Å². The molecule has 1 radical (unpaired) electrons. The molecule has 0 saturated carbocycles. The Morgan fingerprint density at radius 1 is 0.762 bits per heavy atom. The standard InChI is InChI=1S/C27H19F6N4O4.Mn/c1-13(26(28,29)30)14-6-7-17(35-14)22(25(39)41-3)18-9-11-20(37-18)23(27(31,32)33)19-10-8-16(36-19)21(24(38)40-2)15-5-4-12-34-15;/h4-12H,1-3H3,(H-,34,35,36,37,38,39);/q-1;+2/p-1/b14-13+;. The van der Waals surface area contributed by atoms with Crippen LogP contribution >= 0.6 is 0 Å². The summed E-state index contributed by atoms with van der Waals surface area (Å²) in [6.07, 6.45) is -3.29. The van der Waals surface area contributed by atoms with E-state index in [2.05, 4.69) is 20.0 Å². The number of aliphatic imine (C=N–C) groups is 2. The Morgan fingerprint density at radius 2 is 1.38 bits per heavy atom. The molecular weight excluding hydrogens is 613 g/mol. The molecule has 15 heteroatoms. The van der Waals surface area contributed by atoms with E-state index in [1.807, 2.05) is 0 Å². The molecule has 8 nitrogen and oxygen atoms in total. The van der Waals surface area contributed by atoms with Crippen molar-refractivity contribution in [2.75, 3.05) is 14.2 Å². The van der Waals surface area contributed by atoms with Gasteiger partial charge in [-0.3, -0.25) is 4.99 Å². The maximum absolute atomic E-state index is 14.3. The summed E-state index contributed by atoms with van der Waals surface area (Å²) in [6, 6.07) is 4.34. The number of ether oxygens (including phenoxy) is 2. The molecule has 0 saturated heterocycles. The Hall–Kier alpha value is -4.36. The number of halogens is 6. The maximum atomic E-state index is 14.3.